The molecule has 0 spiro atoms. The Hall–Kier alpha value is -0.860. The van der Waals surface area contributed by atoms with Crippen LogP contribution in [-0.2, 0) is 14.3 Å². The quantitative estimate of drug-likeness (QED) is 0.693. The maximum absolute atomic E-state index is 12.6. The molecule has 2 aliphatic rings. The molecular formula is C20H34O3. The molecule has 0 saturated heterocycles. The smallest absolute Gasteiger partial charge is 0.311 e. The molecule has 2 saturated carbocycles. The average molecular weight is 322 g/mol. The highest BCUT2D eigenvalue weighted by Crippen LogP contribution is 2.59. The third-order valence-electron chi connectivity index (χ3n) is 6.22. The van der Waals surface area contributed by atoms with Crippen LogP contribution in [0.5, 0.6) is 0 Å². The molecule has 5 unspecified atom stereocenters. The maximum atomic E-state index is 12.6. The van der Waals surface area contributed by atoms with Gasteiger partial charge in [-0.1, -0.05) is 41.5 Å². The Morgan fingerprint density at radius 1 is 1.30 bits per heavy atom. The summed E-state index contributed by atoms with van der Waals surface area (Å²) < 4.78 is 5.65. The molecule has 23 heavy (non-hydrogen) atoms. The molecule has 0 bridgehead atoms. The van der Waals surface area contributed by atoms with Gasteiger partial charge in [0, 0.05) is 5.41 Å². The molecule has 0 heterocycles. The van der Waals surface area contributed by atoms with Crippen LogP contribution < -0.4 is 0 Å². The molecule has 5 atom stereocenters. The summed E-state index contributed by atoms with van der Waals surface area (Å²) in [7, 11) is 0. The Bertz CT molecular complexity index is 490. The predicted molar refractivity (Wildman–Crippen MR) is 91.9 cm³/mol. The zero-order valence-electron chi connectivity index (χ0n) is 16.0. The van der Waals surface area contributed by atoms with Crippen LogP contribution in [0.2, 0.25) is 0 Å². The third kappa shape index (κ3) is 3.34. The van der Waals surface area contributed by atoms with Gasteiger partial charge in [-0.3, -0.25) is 9.59 Å². The molecule has 0 N–H and O–H groups in total. The molecule has 0 amide bonds. The average Bonchev–Trinajstić information content (AvgIpc) is 2.69. The fourth-order valence-corrected chi connectivity index (χ4v) is 5.10. The molecule has 132 valence electrons. The van der Waals surface area contributed by atoms with E-state index in [1.807, 2.05) is 13.8 Å². The summed E-state index contributed by atoms with van der Waals surface area (Å²) in [6, 6.07) is 0. The minimum absolute atomic E-state index is 0.0651. The molecule has 0 aliphatic heterocycles. The minimum atomic E-state index is -0.461. The monoisotopic (exact) mass is 322 g/mol. The topological polar surface area (TPSA) is 43.4 Å². The second kappa shape index (κ2) is 5.89. The highest BCUT2D eigenvalue weighted by molar-refractivity contribution is 5.94. The van der Waals surface area contributed by atoms with Crippen LogP contribution in [0.1, 0.15) is 74.1 Å². The molecule has 2 aliphatic carbocycles. The van der Waals surface area contributed by atoms with Crippen molar-refractivity contribution in [3.05, 3.63) is 0 Å². The summed E-state index contributed by atoms with van der Waals surface area (Å²) >= 11 is 0. The summed E-state index contributed by atoms with van der Waals surface area (Å²) in [5.74, 6) is 1.13. The van der Waals surface area contributed by atoms with Crippen molar-refractivity contribution >= 4 is 11.8 Å². The van der Waals surface area contributed by atoms with E-state index in [0.717, 1.165) is 25.7 Å². The molecule has 3 heteroatoms. The molecule has 0 aromatic carbocycles. The van der Waals surface area contributed by atoms with Gasteiger partial charge in [0.2, 0.25) is 0 Å². The normalized spacial score (nSPS) is 36.1. The lowest BCUT2D eigenvalue weighted by Gasteiger charge is -2.47. The molecular weight excluding hydrogens is 288 g/mol. The highest BCUT2D eigenvalue weighted by Gasteiger charge is 2.62. The molecule has 0 aromatic rings. The van der Waals surface area contributed by atoms with Crippen LogP contribution in [0.3, 0.4) is 0 Å². The number of hydrogen-bond acceptors (Lipinski definition) is 3. The summed E-state index contributed by atoms with van der Waals surface area (Å²) in [6.45, 7) is 15.1. The Balaban J connectivity index is 1.96. The van der Waals surface area contributed by atoms with Crippen LogP contribution in [0.4, 0.5) is 0 Å². The number of ether oxygens (including phenoxy) is 1. The Kier molecular flexibility index (Phi) is 4.74. The van der Waals surface area contributed by atoms with Crippen molar-refractivity contribution < 1.29 is 14.3 Å². The van der Waals surface area contributed by atoms with Gasteiger partial charge in [0.05, 0.1) is 11.3 Å². The second-order valence-electron chi connectivity index (χ2n) is 9.79. The van der Waals surface area contributed by atoms with Gasteiger partial charge in [-0.25, -0.2) is 0 Å². The second-order valence-corrected chi connectivity index (χ2v) is 9.79. The Labute approximate surface area is 141 Å². The first-order chi connectivity index (χ1) is 10.4. The fourth-order valence-electron chi connectivity index (χ4n) is 5.10. The van der Waals surface area contributed by atoms with Crippen molar-refractivity contribution in [2.45, 2.75) is 74.1 Å². The molecule has 2 fully saturated rings. The standard InChI is InChI=1S/C20H34O3/c1-8-19(6,12-18(3,4)5)17(22)23-11-14-15-9-13(2)10-20(15,7)16(14)21/h13-15H,8-12H2,1-7H3. The van der Waals surface area contributed by atoms with E-state index < -0.39 is 5.41 Å². The Morgan fingerprint density at radius 3 is 2.43 bits per heavy atom. The van der Waals surface area contributed by atoms with Gasteiger partial charge in [-0.05, 0) is 49.9 Å². The number of carbonyl (C=O) groups is 2. The lowest BCUT2D eigenvalue weighted by molar-refractivity contribution is -0.168. The van der Waals surface area contributed by atoms with Crippen LogP contribution in [0.25, 0.3) is 0 Å². The van der Waals surface area contributed by atoms with Crippen molar-refractivity contribution in [1.29, 1.82) is 0 Å². The van der Waals surface area contributed by atoms with E-state index in [9.17, 15) is 9.59 Å². The van der Waals surface area contributed by atoms with E-state index >= 15 is 0 Å². The predicted octanol–water partition coefficient (Wildman–Crippen LogP) is 4.63. The number of Topliss-reactive ketones (excluding diaryl/α,β-unsaturated/α-hetero) is 1. The van der Waals surface area contributed by atoms with Crippen LogP contribution in [0.15, 0.2) is 0 Å². The summed E-state index contributed by atoms with van der Waals surface area (Å²) in [4.78, 5) is 25.1. The number of carbonyl (C=O) groups excluding carboxylic acids is 2. The first-order valence-corrected chi connectivity index (χ1v) is 9.14. The van der Waals surface area contributed by atoms with Crippen molar-refractivity contribution in [2.24, 2.45) is 34.0 Å². The van der Waals surface area contributed by atoms with Gasteiger partial charge in [0.25, 0.3) is 0 Å². The van der Waals surface area contributed by atoms with E-state index in [1.165, 1.54) is 0 Å². The Morgan fingerprint density at radius 2 is 1.91 bits per heavy atom. The number of hydrogen-bond donors (Lipinski definition) is 0. The zero-order valence-corrected chi connectivity index (χ0v) is 16.0. The number of rotatable bonds is 5. The van der Waals surface area contributed by atoms with Crippen molar-refractivity contribution in [3.8, 4) is 0 Å². The van der Waals surface area contributed by atoms with Gasteiger partial charge < -0.3 is 4.74 Å². The third-order valence-corrected chi connectivity index (χ3v) is 6.22. The van der Waals surface area contributed by atoms with E-state index in [1.54, 1.807) is 0 Å². The first kappa shape index (κ1) is 18.5. The fraction of sp³-hybridized carbons (Fsp3) is 0.900. The highest BCUT2D eigenvalue weighted by atomic mass is 16.5. The SMILES string of the molecule is CCC(C)(CC(C)(C)C)C(=O)OCC1C(=O)C2(C)CC(C)CC12. The maximum Gasteiger partial charge on any atom is 0.311 e. The zero-order chi connectivity index (χ0) is 17.6. The van der Waals surface area contributed by atoms with Crippen LogP contribution in [-0.4, -0.2) is 18.4 Å². The van der Waals surface area contributed by atoms with E-state index in [-0.39, 0.29) is 29.3 Å². The number of fused-ring (bicyclic) bond motifs is 1. The summed E-state index contributed by atoms with van der Waals surface area (Å²) in [6.07, 6.45) is 3.65. The van der Waals surface area contributed by atoms with Gasteiger partial charge in [0.15, 0.2) is 0 Å². The van der Waals surface area contributed by atoms with Gasteiger partial charge in [0.1, 0.15) is 12.4 Å². The van der Waals surface area contributed by atoms with Crippen molar-refractivity contribution in [1.82, 2.24) is 0 Å². The number of esters is 1. The molecule has 2 rings (SSSR count). The van der Waals surface area contributed by atoms with Crippen molar-refractivity contribution in [3.63, 3.8) is 0 Å². The lowest BCUT2D eigenvalue weighted by atomic mass is 9.55. The van der Waals surface area contributed by atoms with Crippen LogP contribution >= 0.6 is 0 Å². The van der Waals surface area contributed by atoms with E-state index in [2.05, 4.69) is 34.6 Å². The number of ketones is 1. The molecule has 0 radical (unpaired) electrons. The van der Waals surface area contributed by atoms with Gasteiger partial charge >= 0.3 is 5.97 Å². The lowest BCUT2D eigenvalue weighted by Crippen LogP contribution is -2.55. The van der Waals surface area contributed by atoms with E-state index in [0.29, 0.717) is 17.6 Å². The molecule has 3 nitrogen and oxygen atoms in total. The largest absolute Gasteiger partial charge is 0.464 e. The minimum Gasteiger partial charge on any atom is -0.464 e. The molecule has 0 aromatic heterocycles. The summed E-state index contributed by atoms with van der Waals surface area (Å²) in [5, 5.41) is 0. The van der Waals surface area contributed by atoms with E-state index in [4.69, 9.17) is 4.74 Å². The van der Waals surface area contributed by atoms with Crippen molar-refractivity contribution in [2.75, 3.05) is 6.61 Å². The van der Waals surface area contributed by atoms with Gasteiger partial charge in [-0.2, -0.15) is 0 Å². The van der Waals surface area contributed by atoms with Gasteiger partial charge in [-0.15, -0.1) is 0 Å². The first-order valence-electron chi connectivity index (χ1n) is 9.14. The van der Waals surface area contributed by atoms with Crippen LogP contribution in [0, 0.1) is 34.0 Å². The summed E-state index contributed by atoms with van der Waals surface area (Å²) in [5.41, 5.74) is -0.525.